The fourth-order valence-electron chi connectivity index (χ4n) is 1.55. The lowest BCUT2D eigenvalue weighted by Crippen LogP contribution is -2.12. The highest BCUT2D eigenvalue weighted by atomic mass is 16.6. The van der Waals surface area contributed by atoms with E-state index in [1.54, 1.807) is 18.2 Å². The van der Waals surface area contributed by atoms with Gasteiger partial charge in [-0.05, 0) is 6.42 Å². The number of nitrogens with zero attached hydrogens (tertiary/aromatic N) is 1. The van der Waals surface area contributed by atoms with Crippen LogP contribution in [0, 0.1) is 10.1 Å². The molecule has 4 nitrogen and oxygen atoms in total. The standard InChI is InChI=1S/C11H16N2O2/c1-2-3-7-10(12)9-6-4-5-8-11(9)13(14)15/h4-6,8,10H,2-3,7,12H2,1H3/t10-/m0/s1. The second-order valence-corrected chi connectivity index (χ2v) is 3.56. The van der Waals surface area contributed by atoms with E-state index in [1.807, 2.05) is 0 Å². The second kappa shape index (κ2) is 5.46. The van der Waals surface area contributed by atoms with Crippen molar-refractivity contribution in [3.63, 3.8) is 0 Å². The molecule has 1 rings (SSSR count). The average molecular weight is 208 g/mol. The molecule has 2 N–H and O–H groups in total. The smallest absolute Gasteiger partial charge is 0.274 e. The van der Waals surface area contributed by atoms with Gasteiger partial charge in [0.15, 0.2) is 0 Å². The van der Waals surface area contributed by atoms with Crippen molar-refractivity contribution in [3.8, 4) is 0 Å². The van der Waals surface area contributed by atoms with Crippen molar-refractivity contribution in [1.29, 1.82) is 0 Å². The molecule has 0 aromatic heterocycles. The van der Waals surface area contributed by atoms with Crippen LogP contribution in [0.15, 0.2) is 24.3 Å². The zero-order valence-corrected chi connectivity index (χ0v) is 8.85. The number of hydrogen-bond donors (Lipinski definition) is 1. The van der Waals surface area contributed by atoms with Crippen LogP contribution < -0.4 is 5.73 Å². The van der Waals surface area contributed by atoms with E-state index in [4.69, 9.17) is 5.73 Å². The predicted octanol–water partition coefficient (Wildman–Crippen LogP) is 2.78. The van der Waals surface area contributed by atoms with Crippen molar-refractivity contribution < 1.29 is 4.92 Å². The fourth-order valence-corrected chi connectivity index (χ4v) is 1.55. The maximum atomic E-state index is 10.8. The molecule has 4 heteroatoms. The van der Waals surface area contributed by atoms with Crippen molar-refractivity contribution in [3.05, 3.63) is 39.9 Å². The van der Waals surface area contributed by atoms with Crippen LogP contribution in [0.2, 0.25) is 0 Å². The molecule has 0 spiro atoms. The van der Waals surface area contributed by atoms with E-state index in [2.05, 4.69) is 6.92 Å². The number of nitrogens with two attached hydrogens (primary N) is 1. The Kier molecular flexibility index (Phi) is 4.24. The van der Waals surface area contributed by atoms with E-state index in [-0.39, 0.29) is 16.7 Å². The summed E-state index contributed by atoms with van der Waals surface area (Å²) >= 11 is 0. The van der Waals surface area contributed by atoms with Gasteiger partial charge < -0.3 is 5.73 Å². The first-order chi connectivity index (χ1) is 7.16. The first kappa shape index (κ1) is 11.7. The molecular weight excluding hydrogens is 192 g/mol. The summed E-state index contributed by atoms with van der Waals surface area (Å²) in [6, 6.07) is 6.45. The highest BCUT2D eigenvalue weighted by molar-refractivity contribution is 5.41. The minimum absolute atomic E-state index is 0.126. The summed E-state index contributed by atoms with van der Waals surface area (Å²) < 4.78 is 0. The minimum atomic E-state index is -0.374. The molecule has 82 valence electrons. The molecular formula is C11H16N2O2. The summed E-state index contributed by atoms with van der Waals surface area (Å²) in [5.74, 6) is 0. The first-order valence-corrected chi connectivity index (χ1v) is 5.15. The van der Waals surface area contributed by atoms with Gasteiger partial charge in [-0.25, -0.2) is 0 Å². The number of benzene rings is 1. The number of hydrogen-bond acceptors (Lipinski definition) is 3. The van der Waals surface area contributed by atoms with Gasteiger partial charge in [-0.1, -0.05) is 38.0 Å². The quantitative estimate of drug-likeness (QED) is 0.597. The molecule has 0 fully saturated rings. The molecule has 15 heavy (non-hydrogen) atoms. The van der Waals surface area contributed by atoms with Gasteiger partial charge in [-0.15, -0.1) is 0 Å². The lowest BCUT2D eigenvalue weighted by Gasteiger charge is -2.11. The van der Waals surface area contributed by atoms with Crippen LogP contribution >= 0.6 is 0 Å². The van der Waals surface area contributed by atoms with E-state index in [0.29, 0.717) is 5.56 Å². The third kappa shape index (κ3) is 3.02. The maximum absolute atomic E-state index is 10.8. The number of nitro groups is 1. The summed E-state index contributed by atoms with van der Waals surface area (Å²) in [7, 11) is 0. The molecule has 0 aliphatic rings. The second-order valence-electron chi connectivity index (χ2n) is 3.56. The molecule has 0 bridgehead atoms. The molecule has 0 radical (unpaired) electrons. The normalized spacial score (nSPS) is 12.4. The molecule has 0 heterocycles. The number of nitro benzene ring substituents is 1. The van der Waals surface area contributed by atoms with Crippen molar-refractivity contribution in [2.75, 3.05) is 0 Å². The Morgan fingerprint density at radius 1 is 1.47 bits per heavy atom. The fraction of sp³-hybridized carbons (Fsp3) is 0.455. The summed E-state index contributed by atoms with van der Waals surface area (Å²) in [5, 5.41) is 10.8. The van der Waals surface area contributed by atoms with Gasteiger partial charge in [0.05, 0.1) is 4.92 Å². The molecule has 1 aromatic rings. The third-order valence-electron chi connectivity index (χ3n) is 2.40. The molecule has 1 atom stereocenters. The zero-order valence-electron chi connectivity index (χ0n) is 8.85. The summed E-state index contributed by atoms with van der Waals surface area (Å²) in [6.07, 6.45) is 2.84. The average Bonchev–Trinajstić information content (AvgIpc) is 2.25. The highest BCUT2D eigenvalue weighted by Gasteiger charge is 2.17. The van der Waals surface area contributed by atoms with Gasteiger partial charge in [-0.2, -0.15) is 0 Å². The van der Waals surface area contributed by atoms with Gasteiger partial charge in [0, 0.05) is 17.7 Å². The van der Waals surface area contributed by atoms with Crippen LogP contribution in [0.5, 0.6) is 0 Å². The lowest BCUT2D eigenvalue weighted by atomic mass is 10.0. The van der Waals surface area contributed by atoms with E-state index in [9.17, 15) is 10.1 Å². The van der Waals surface area contributed by atoms with Crippen LogP contribution in [0.1, 0.15) is 37.8 Å². The molecule has 1 aromatic carbocycles. The Hall–Kier alpha value is -1.42. The van der Waals surface area contributed by atoms with E-state index >= 15 is 0 Å². The molecule has 0 unspecified atom stereocenters. The van der Waals surface area contributed by atoms with Crippen LogP contribution in [-0.2, 0) is 0 Å². The highest BCUT2D eigenvalue weighted by Crippen LogP contribution is 2.26. The van der Waals surface area contributed by atoms with Gasteiger partial charge in [0.25, 0.3) is 5.69 Å². The molecule has 0 saturated carbocycles. The van der Waals surface area contributed by atoms with Gasteiger partial charge in [0.2, 0.25) is 0 Å². The van der Waals surface area contributed by atoms with E-state index in [1.165, 1.54) is 6.07 Å². The summed E-state index contributed by atoms with van der Waals surface area (Å²) in [6.45, 7) is 2.08. The molecule has 0 aliphatic heterocycles. The van der Waals surface area contributed by atoms with Gasteiger partial charge in [-0.3, -0.25) is 10.1 Å². The van der Waals surface area contributed by atoms with Crippen molar-refractivity contribution in [2.45, 2.75) is 32.2 Å². The van der Waals surface area contributed by atoms with E-state index < -0.39 is 0 Å². The Balaban J connectivity index is 2.87. The minimum Gasteiger partial charge on any atom is -0.324 e. The molecule has 0 saturated heterocycles. The third-order valence-corrected chi connectivity index (χ3v) is 2.40. The van der Waals surface area contributed by atoms with Crippen molar-refractivity contribution >= 4 is 5.69 Å². The van der Waals surface area contributed by atoms with Crippen LogP contribution in [0.3, 0.4) is 0 Å². The SMILES string of the molecule is CCCC[C@H](N)c1ccccc1[N+](=O)[O-]. The Morgan fingerprint density at radius 2 is 2.13 bits per heavy atom. The Bertz CT molecular complexity index is 339. The zero-order chi connectivity index (χ0) is 11.3. The van der Waals surface area contributed by atoms with Crippen LogP contribution in [0.4, 0.5) is 5.69 Å². The molecule has 0 aliphatic carbocycles. The van der Waals surface area contributed by atoms with Gasteiger partial charge >= 0.3 is 0 Å². The maximum Gasteiger partial charge on any atom is 0.274 e. The Labute approximate surface area is 89.2 Å². The number of para-hydroxylation sites is 1. The van der Waals surface area contributed by atoms with Crippen LogP contribution in [-0.4, -0.2) is 4.92 Å². The molecule has 0 amide bonds. The monoisotopic (exact) mass is 208 g/mol. The van der Waals surface area contributed by atoms with E-state index in [0.717, 1.165) is 19.3 Å². The summed E-state index contributed by atoms with van der Waals surface area (Å²) in [5.41, 5.74) is 6.68. The van der Waals surface area contributed by atoms with Crippen molar-refractivity contribution in [2.24, 2.45) is 5.73 Å². The summed E-state index contributed by atoms with van der Waals surface area (Å²) in [4.78, 5) is 10.4. The first-order valence-electron chi connectivity index (χ1n) is 5.15. The van der Waals surface area contributed by atoms with Crippen LogP contribution in [0.25, 0.3) is 0 Å². The van der Waals surface area contributed by atoms with Gasteiger partial charge in [0.1, 0.15) is 0 Å². The predicted molar refractivity (Wildman–Crippen MR) is 59.5 cm³/mol. The number of unbranched alkanes of at least 4 members (excludes halogenated alkanes) is 1. The van der Waals surface area contributed by atoms with Crippen molar-refractivity contribution in [1.82, 2.24) is 0 Å². The lowest BCUT2D eigenvalue weighted by molar-refractivity contribution is -0.385. The largest absolute Gasteiger partial charge is 0.324 e. The number of rotatable bonds is 5. The topological polar surface area (TPSA) is 69.2 Å². The Morgan fingerprint density at radius 3 is 2.73 bits per heavy atom.